The van der Waals surface area contributed by atoms with E-state index in [0.717, 1.165) is 12.5 Å². The monoisotopic (exact) mass is 267 g/mol. The van der Waals surface area contributed by atoms with Crippen molar-refractivity contribution >= 4 is 0 Å². The first-order valence-corrected chi connectivity index (χ1v) is 7.18. The largest absolute Gasteiger partial charge is 0.310 e. The number of halogens is 2. The lowest BCUT2D eigenvalue weighted by Crippen LogP contribution is -2.27. The van der Waals surface area contributed by atoms with E-state index in [1.807, 2.05) is 6.92 Å². The minimum atomic E-state index is -0.334. The molecule has 3 heteroatoms. The van der Waals surface area contributed by atoms with E-state index in [1.165, 1.54) is 31.4 Å². The molecule has 3 unspecified atom stereocenters. The third-order valence-electron chi connectivity index (χ3n) is 4.47. The fourth-order valence-corrected chi connectivity index (χ4v) is 2.96. The van der Waals surface area contributed by atoms with Gasteiger partial charge < -0.3 is 5.32 Å². The van der Waals surface area contributed by atoms with Crippen LogP contribution in [0.5, 0.6) is 0 Å². The van der Waals surface area contributed by atoms with E-state index in [1.54, 1.807) is 6.92 Å². The van der Waals surface area contributed by atoms with Crippen molar-refractivity contribution in [1.29, 1.82) is 0 Å². The van der Waals surface area contributed by atoms with E-state index in [2.05, 4.69) is 12.2 Å². The quantitative estimate of drug-likeness (QED) is 0.854. The molecule has 0 bridgehead atoms. The second-order valence-corrected chi connectivity index (χ2v) is 5.92. The number of nitrogens with one attached hydrogen (secondary N) is 1. The molecule has 0 aromatic heterocycles. The van der Waals surface area contributed by atoms with Gasteiger partial charge in [0.05, 0.1) is 0 Å². The van der Waals surface area contributed by atoms with Crippen molar-refractivity contribution < 1.29 is 8.78 Å². The van der Waals surface area contributed by atoms with Gasteiger partial charge >= 0.3 is 0 Å². The minimum absolute atomic E-state index is 0.150. The van der Waals surface area contributed by atoms with E-state index in [9.17, 15) is 8.78 Å². The number of benzene rings is 1. The molecule has 1 saturated carbocycles. The standard InChI is InChI=1S/C16H23F2N/c1-10-5-4-6-13(10)9-19-12(3)14-8-15(17)11(2)7-16(14)18/h7-8,10,12-13,19H,4-6,9H2,1-3H3. The first kappa shape index (κ1) is 14.4. The minimum Gasteiger partial charge on any atom is -0.310 e. The van der Waals surface area contributed by atoms with Gasteiger partial charge in [-0.3, -0.25) is 0 Å². The molecule has 19 heavy (non-hydrogen) atoms. The topological polar surface area (TPSA) is 12.0 Å². The third kappa shape index (κ3) is 3.33. The van der Waals surface area contributed by atoms with Crippen LogP contribution in [0.15, 0.2) is 12.1 Å². The van der Waals surface area contributed by atoms with Crippen LogP contribution in [0.3, 0.4) is 0 Å². The molecule has 1 nitrogen and oxygen atoms in total. The van der Waals surface area contributed by atoms with Gasteiger partial charge in [-0.15, -0.1) is 0 Å². The maximum atomic E-state index is 13.9. The summed E-state index contributed by atoms with van der Waals surface area (Å²) in [6.45, 7) is 6.64. The van der Waals surface area contributed by atoms with Gasteiger partial charge in [0, 0.05) is 11.6 Å². The van der Waals surface area contributed by atoms with Gasteiger partial charge in [0.25, 0.3) is 0 Å². The Hall–Kier alpha value is -0.960. The zero-order valence-electron chi connectivity index (χ0n) is 12.0. The van der Waals surface area contributed by atoms with Crippen LogP contribution in [-0.2, 0) is 0 Å². The number of rotatable bonds is 4. The van der Waals surface area contributed by atoms with Crippen molar-refractivity contribution in [3.05, 3.63) is 34.9 Å². The SMILES string of the molecule is Cc1cc(F)c(C(C)NCC2CCCC2C)cc1F. The summed E-state index contributed by atoms with van der Waals surface area (Å²) in [6.07, 6.45) is 3.81. The second-order valence-electron chi connectivity index (χ2n) is 5.92. The summed E-state index contributed by atoms with van der Waals surface area (Å²) in [4.78, 5) is 0. The van der Waals surface area contributed by atoms with Crippen molar-refractivity contribution in [3.63, 3.8) is 0 Å². The van der Waals surface area contributed by atoms with Crippen molar-refractivity contribution in [3.8, 4) is 0 Å². The lowest BCUT2D eigenvalue weighted by Gasteiger charge is -2.21. The Bertz CT molecular complexity index is 445. The summed E-state index contributed by atoms with van der Waals surface area (Å²) in [7, 11) is 0. The van der Waals surface area contributed by atoms with Gasteiger partial charge in [0.15, 0.2) is 0 Å². The van der Waals surface area contributed by atoms with Crippen LogP contribution in [0.2, 0.25) is 0 Å². The first-order chi connectivity index (χ1) is 8.99. The van der Waals surface area contributed by atoms with Gasteiger partial charge in [0.2, 0.25) is 0 Å². The molecule has 1 N–H and O–H groups in total. The van der Waals surface area contributed by atoms with E-state index in [-0.39, 0.29) is 17.7 Å². The van der Waals surface area contributed by atoms with E-state index >= 15 is 0 Å². The molecule has 106 valence electrons. The highest BCUT2D eigenvalue weighted by molar-refractivity contribution is 5.27. The van der Waals surface area contributed by atoms with Gasteiger partial charge in [-0.2, -0.15) is 0 Å². The zero-order valence-corrected chi connectivity index (χ0v) is 12.0. The Morgan fingerprint density at radius 2 is 2.00 bits per heavy atom. The second kappa shape index (κ2) is 6.00. The Labute approximate surface area is 114 Å². The van der Waals surface area contributed by atoms with Crippen molar-refractivity contribution in [2.75, 3.05) is 6.54 Å². The summed E-state index contributed by atoms with van der Waals surface area (Å²) in [6, 6.07) is 2.45. The molecule has 1 aromatic carbocycles. The summed E-state index contributed by atoms with van der Waals surface area (Å²) in [5.41, 5.74) is 0.784. The number of aryl methyl sites for hydroxylation is 1. The van der Waals surface area contributed by atoms with Gasteiger partial charge in [0.1, 0.15) is 11.6 Å². The first-order valence-electron chi connectivity index (χ1n) is 7.18. The Balaban J connectivity index is 1.99. The average Bonchev–Trinajstić information content (AvgIpc) is 2.76. The molecule has 1 aliphatic carbocycles. The van der Waals surface area contributed by atoms with E-state index < -0.39 is 0 Å². The molecule has 0 saturated heterocycles. The average molecular weight is 267 g/mol. The molecule has 1 aromatic rings. The van der Waals surface area contributed by atoms with E-state index in [4.69, 9.17) is 0 Å². The highest BCUT2D eigenvalue weighted by atomic mass is 19.1. The molecule has 2 rings (SSSR count). The van der Waals surface area contributed by atoms with Crippen LogP contribution in [-0.4, -0.2) is 6.54 Å². The van der Waals surface area contributed by atoms with E-state index in [0.29, 0.717) is 17.0 Å². The zero-order chi connectivity index (χ0) is 14.0. The van der Waals surface area contributed by atoms with Crippen LogP contribution in [0.25, 0.3) is 0 Å². The van der Waals surface area contributed by atoms with Crippen LogP contribution in [0.4, 0.5) is 8.78 Å². The molecule has 0 heterocycles. The Morgan fingerprint density at radius 1 is 1.26 bits per heavy atom. The fraction of sp³-hybridized carbons (Fsp3) is 0.625. The Morgan fingerprint density at radius 3 is 2.63 bits per heavy atom. The van der Waals surface area contributed by atoms with Crippen LogP contribution >= 0.6 is 0 Å². The van der Waals surface area contributed by atoms with Crippen molar-refractivity contribution in [1.82, 2.24) is 5.32 Å². The molecule has 0 spiro atoms. The van der Waals surface area contributed by atoms with Gasteiger partial charge in [-0.1, -0.05) is 19.8 Å². The molecule has 0 radical (unpaired) electrons. The third-order valence-corrected chi connectivity index (χ3v) is 4.47. The molecule has 3 atom stereocenters. The van der Waals surface area contributed by atoms with Crippen molar-refractivity contribution in [2.24, 2.45) is 11.8 Å². The maximum Gasteiger partial charge on any atom is 0.128 e. The molecule has 0 aliphatic heterocycles. The number of hydrogen-bond acceptors (Lipinski definition) is 1. The van der Waals surface area contributed by atoms with Gasteiger partial charge in [-0.25, -0.2) is 8.78 Å². The fourth-order valence-electron chi connectivity index (χ4n) is 2.96. The normalized spacial score (nSPS) is 24.7. The summed E-state index contributed by atoms with van der Waals surface area (Å²) < 4.78 is 27.4. The highest BCUT2D eigenvalue weighted by Crippen LogP contribution is 2.31. The number of hydrogen-bond donors (Lipinski definition) is 1. The van der Waals surface area contributed by atoms with Gasteiger partial charge in [-0.05, 0) is 56.3 Å². The predicted molar refractivity (Wildman–Crippen MR) is 74.0 cm³/mol. The van der Waals surface area contributed by atoms with Crippen LogP contribution in [0, 0.1) is 30.4 Å². The molecular formula is C16H23F2N. The lowest BCUT2D eigenvalue weighted by molar-refractivity contribution is 0.371. The summed E-state index contributed by atoms with van der Waals surface area (Å²) >= 11 is 0. The Kier molecular flexibility index (Phi) is 4.56. The highest BCUT2D eigenvalue weighted by Gasteiger charge is 2.24. The molecule has 0 amide bonds. The maximum absolute atomic E-state index is 13.9. The smallest absolute Gasteiger partial charge is 0.128 e. The summed E-state index contributed by atoms with van der Waals surface area (Å²) in [5.74, 6) is 0.748. The molecule has 1 aliphatic rings. The molecule has 1 fully saturated rings. The van der Waals surface area contributed by atoms with Crippen LogP contribution < -0.4 is 5.32 Å². The van der Waals surface area contributed by atoms with Crippen LogP contribution in [0.1, 0.15) is 50.3 Å². The lowest BCUT2D eigenvalue weighted by atomic mass is 9.97. The summed E-state index contributed by atoms with van der Waals surface area (Å²) in [5, 5.41) is 3.35. The van der Waals surface area contributed by atoms with Crippen molar-refractivity contribution in [2.45, 2.75) is 46.1 Å². The predicted octanol–water partition coefficient (Wildman–Crippen LogP) is 4.36. The molecular weight excluding hydrogens is 244 g/mol.